The van der Waals surface area contributed by atoms with Crippen molar-refractivity contribution < 1.29 is 40.2 Å². The molecule has 0 unspecified atom stereocenters. The van der Waals surface area contributed by atoms with Crippen molar-refractivity contribution in [2.45, 2.75) is 6.92 Å². The summed E-state index contributed by atoms with van der Waals surface area (Å²) in [6.07, 6.45) is 8.94. The molecule has 0 saturated heterocycles. The maximum atomic E-state index is 4.94. The molecular formula is C109H68Ir2N6. The number of pyridine rings is 4. The van der Waals surface area contributed by atoms with Crippen molar-refractivity contribution in [1.82, 2.24) is 29.9 Å². The fourth-order valence-electron chi connectivity index (χ4n) is 15.7. The van der Waals surface area contributed by atoms with Gasteiger partial charge in [0, 0.05) is 24.8 Å². The quantitative estimate of drug-likeness (QED) is 0.0797. The summed E-state index contributed by atoms with van der Waals surface area (Å²) in [6, 6.07) is 150. The Bertz CT molecular complexity index is 6010. The minimum Gasteiger partial charge on any atom is -0.305 e. The van der Waals surface area contributed by atoms with Crippen LogP contribution in [0.1, 0.15) is 5.56 Å². The van der Waals surface area contributed by atoms with Crippen LogP contribution in [-0.4, -0.2) is 29.9 Å². The minimum absolute atomic E-state index is 0. The van der Waals surface area contributed by atoms with E-state index in [9.17, 15) is 0 Å². The molecule has 8 heteroatoms. The van der Waals surface area contributed by atoms with Gasteiger partial charge in [0.2, 0.25) is 0 Å². The van der Waals surface area contributed by atoms with E-state index in [0.717, 1.165) is 207 Å². The van der Waals surface area contributed by atoms with Crippen LogP contribution in [0.3, 0.4) is 0 Å². The normalized spacial score (nSPS) is 11.0. The molecule has 19 aromatic rings. The zero-order valence-corrected chi connectivity index (χ0v) is 68.2. The first kappa shape index (κ1) is 75.7. The van der Waals surface area contributed by atoms with Crippen LogP contribution in [0, 0.1) is 43.3 Å². The van der Waals surface area contributed by atoms with Gasteiger partial charge in [-0.25, -0.2) is 0 Å². The zero-order valence-electron chi connectivity index (χ0n) is 63.4. The van der Waals surface area contributed by atoms with E-state index >= 15 is 0 Å². The average molecular weight is 1850 g/mol. The van der Waals surface area contributed by atoms with Crippen LogP contribution in [0.4, 0.5) is 0 Å². The molecule has 0 aliphatic carbocycles. The van der Waals surface area contributed by atoms with Crippen LogP contribution in [0.25, 0.3) is 201 Å². The summed E-state index contributed by atoms with van der Waals surface area (Å²) >= 11 is 0. The van der Waals surface area contributed by atoms with E-state index in [1.54, 1.807) is 6.33 Å². The number of aromatic nitrogens is 6. The Hall–Kier alpha value is -13.9. The SMILES string of the molecule is Cc1c(-c2[c-]cc(-c3ccccc3-c3cc(-c4ccccc4-c4c[c-]c(-c5ccccn5)cc4)cc(-c4ccccc4-c4c[c-]c(-c5ccccn5)cc4)c3)cc2)ncnc1-c1[c-]cc(-c2ccccc2-c2cc(-c3ccccc3-c3c[c-]c(-c4ccccn4)cc3)cc(-c3ccccc3-c3c[c-]c(-c4ccccn4)cc3)c2)cc1.[Ir+3].[Ir+3]. The van der Waals surface area contributed by atoms with Gasteiger partial charge >= 0.3 is 40.2 Å². The molecular weight excluding hydrogens is 1780 g/mol. The number of benzene rings is 14. The molecule has 0 radical (unpaired) electrons. The van der Waals surface area contributed by atoms with Crippen LogP contribution in [0.15, 0.2) is 395 Å². The van der Waals surface area contributed by atoms with Gasteiger partial charge in [0.1, 0.15) is 0 Å². The maximum absolute atomic E-state index is 4.94. The predicted octanol–water partition coefficient (Wildman–Crippen LogP) is 27.2. The van der Waals surface area contributed by atoms with Gasteiger partial charge in [-0.15, -0.1) is 179 Å². The molecule has 0 spiro atoms. The van der Waals surface area contributed by atoms with Gasteiger partial charge in [0.15, 0.2) is 0 Å². The molecule has 117 heavy (non-hydrogen) atoms. The monoisotopic (exact) mass is 1850 g/mol. The second-order valence-electron chi connectivity index (χ2n) is 28.4. The molecule has 0 atom stereocenters. The first-order valence-corrected chi connectivity index (χ1v) is 38.4. The third-order valence-electron chi connectivity index (χ3n) is 21.4. The number of hydrogen-bond acceptors (Lipinski definition) is 6. The zero-order chi connectivity index (χ0) is 76.8. The molecule has 0 fully saturated rings. The van der Waals surface area contributed by atoms with Crippen molar-refractivity contribution in [1.29, 1.82) is 0 Å². The molecule has 14 aromatic carbocycles. The Kier molecular flexibility index (Phi) is 22.3. The van der Waals surface area contributed by atoms with Gasteiger partial charge in [0.05, 0.1) is 6.33 Å². The molecule has 6 nitrogen and oxygen atoms in total. The Labute approximate surface area is 709 Å². The van der Waals surface area contributed by atoms with Gasteiger partial charge in [-0.3, -0.25) is 9.97 Å². The van der Waals surface area contributed by atoms with Crippen LogP contribution in [0.5, 0.6) is 0 Å². The van der Waals surface area contributed by atoms with E-state index in [4.69, 9.17) is 9.97 Å². The molecule has 0 aliphatic rings. The van der Waals surface area contributed by atoms with Gasteiger partial charge < -0.3 is 19.9 Å². The summed E-state index contributed by atoms with van der Waals surface area (Å²) in [5.74, 6) is 0. The van der Waals surface area contributed by atoms with Crippen molar-refractivity contribution in [2.24, 2.45) is 0 Å². The van der Waals surface area contributed by atoms with Crippen LogP contribution >= 0.6 is 0 Å². The smallest absolute Gasteiger partial charge is 0.305 e. The van der Waals surface area contributed by atoms with E-state index in [1.807, 2.05) is 97.6 Å². The summed E-state index contributed by atoms with van der Waals surface area (Å²) in [7, 11) is 0. The molecule has 5 aromatic heterocycles. The molecule has 19 rings (SSSR count). The summed E-state index contributed by atoms with van der Waals surface area (Å²) in [5, 5.41) is 0. The molecule has 0 bridgehead atoms. The third-order valence-corrected chi connectivity index (χ3v) is 21.4. The van der Waals surface area contributed by atoms with E-state index in [1.165, 1.54) is 0 Å². The van der Waals surface area contributed by atoms with Crippen LogP contribution < -0.4 is 0 Å². The van der Waals surface area contributed by atoms with Crippen LogP contribution in [0.2, 0.25) is 0 Å². The van der Waals surface area contributed by atoms with Gasteiger partial charge in [-0.1, -0.05) is 273 Å². The Morgan fingerprint density at radius 1 is 0.179 bits per heavy atom. The second kappa shape index (κ2) is 34.4. The summed E-state index contributed by atoms with van der Waals surface area (Å²) in [5.41, 5.74) is 37.5. The third kappa shape index (κ3) is 15.8. The van der Waals surface area contributed by atoms with Crippen molar-refractivity contribution in [3.8, 4) is 201 Å². The summed E-state index contributed by atoms with van der Waals surface area (Å²) in [6.45, 7) is 2.09. The van der Waals surface area contributed by atoms with Crippen molar-refractivity contribution in [3.05, 3.63) is 437 Å². The Balaban J connectivity index is 0.00000491. The number of hydrogen-bond donors (Lipinski definition) is 0. The van der Waals surface area contributed by atoms with Gasteiger partial charge in [-0.2, -0.15) is 0 Å². The van der Waals surface area contributed by atoms with E-state index in [-0.39, 0.29) is 40.2 Å². The van der Waals surface area contributed by atoms with E-state index < -0.39 is 0 Å². The maximum Gasteiger partial charge on any atom is 3.00 e. The van der Waals surface area contributed by atoms with Gasteiger partial charge in [0.25, 0.3) is 0 Å². The Morgan fingerprint density at radius 2 is 0.359 bits per heavy atom. The van der Waals surface area contributed by atoms with Crippen molar-refractivity contribution in [3.63, 3.8) is 0 Å². The molecule has 5 heterocycles. The van der Waals surface area contributed by atoms with Crippen molar-refractivity contribution >= 4 is 0 Å². The molecule has 552 valence electrons. The first-order chi connectivity index (χ1) is 56.9. The molecule has 0 saturated carbocycles. The summed E-state index contributed by atoms with van der Waals surface area (Å²) in [4.78, 5) is 28.3. The fourth-order valence-corrected chi connectivity index (χ4v) is 15.7. The minimum atomic E-state index is 0. The van der Waals surface area contributed by atoms with E-state index in [2.05, 4.69) is 354 Å². The summed E-state index contributed by atoms with van der Waals surface area (Å²) < 4.78 is 0. The molecule has 0 aliphatic heterocycles. The number of nitrogens with zero attached hydrogens (tertiary/aromatic N) is 6. The van der Waals surface area contributed by atoms with E-state index in [0.29, 0.717) is 0 Å². The standard InChI is InChI=1S/C109H68N6.2Ir/c1-73-108(84-58-46-78(47-59-84)96-26-6-12-32-102(96)90-68-86(98-28-8-2-22-92(98)74-38-50-80(51-39-74)104-34-14-18-62-110-104)66-87(69-90)99-29-9-3-23-93(99)75-40-52-81(53-41-75)105-35-15-19-63-111-105)114-72-115-109(73)85-60-48-79(49-61-85)97-27-7-13-33-103(97)91-70-88(100-30-10-4-24-94(100)76-42-54-82(55-43-76)106-36-16-20-64-112-106)67-89(71-91)101-31-11-5-25-95(101)77-44-56-83(57-45-77)107-37-17-21-65-113-107;;/h2-50,52,54,56,58,60,62-72H,1H3;;/q-6;2*+3. The largest absolute Gasteiger partial charge is 3.00 e. The second-order valence-corrected chi connectivity index (χ2v) is 28.4. The molecule has 0 amide bonds. The van der Waals surface area contributed by atoms with Crippen molar-refractivity contribution in [2.75, 3.05) is 0 Å². The fraction of sp³-hybridized carbons (Fsp3) is 0.00917. The molecule has 0 N–H and O–H groups in total. The average Bonchev–Trinajstić information content (AvgIpc) is 0.768. The van der Waals surface area contributed by atoms with Gasteiger partial charge in [-0.05, 0) is 162 Å². The number of rotatable bonds is 18. The predicted molar refractivity (Wildman–Crippen MR) is 469 cm³/mol. The first-order valence-electron chi connectivity index (χ1n) is 38.4. The Morgan fingerprint density at radius 3 is 0.530 bits per heavy atom. The topological polar surface area (TPSA) is 77.3 Å². The van der Waals surface area contributed by atoms with Crippen LogP contribution in [-0.2, 0) is 40.2 Å².